The second-order valence-corrected chi connectivity index (χ2v) is 9.20. The number of fused-ring (bicyclic) bond motifs is 1. The Kier molecular flexibility index (Phi) is 3.43. The number of phenolic OH excluding ortho intramolecular Hbond substituents is 1. The van der Waals surface area contributed by atoms with Gasteiger partial charge in [0.25, 0.3) is 0 Å². The summed E-state index contributed by atoms with van der Waals surface area (Å²) in [6.45, 7) is 5.90. The molecule has 2 fully saturated rings. The van der Waals surface area contributed by atoms with Crippen LogP contribution in [0.3, 0.4) is 0 Å². The van der Waals surface area contributed by atoms with Crippen molar-refractivity contribution in [2.75, 3.05) is 13.1 Å². The predicted molar refractivity (Wildman–Crippen MR) is 99.3 cm³/mol. The lowest BCUT2D eigenvalue weighted by molar-refractivity contribution is -0.159. The molecule has 1 heterocycles. The van der Waals surface area contributed by atoms with E-state index in [1.807, 2.05) is 19.9 Å². The van der Waals surface area contributed by atoms with E-state index in [9.17, 15) is 15.0 Å². The summed E-state index contributed by atoms with van der Waals surface area (Å²) in [5.41, 5.74) is 1.79. The Labute approximate surface area is 155 Å². The first-order valence-corrected chi connectivity index (χ1v) is 10.2. The number of phenols is 1. The highest BCUT2D eigenvalue weighted by atomic mass is 16.3. The average molecular weight is 355 g/mol. The third-order valence-electron chi connectivity index (χ3n) is 7.95. The van der Waals surface area contributed by atoms with Crippen LogP contribution in [-0.2, 0) is 23.1 Å². The number of hydrogen-bond donors (Lipinski definition) is 2. The Morgan fingerprint density at radius 1 is 1.31 bits per heavy atom. The Bertz CT molecular complexity index is 782. The van der Waals surface area contributed by atoms with Crippen LogP contribution in [0.15, 0.2) is 12.1 Å². The molecule has 140 valence electrons. The van der Waals surface area contributed by atoms with Gasteiger partial charge in [0.1, 0.15) is 11.5 Å². The molecule has 4 aliphatic rings. The maximum absolute atomic E-state index is 12.9. The van der Waals surface area contributed by atoms with E-state index in [1.54, 1.807) is 6.07 Å². The number of likely N-dealkylation sites (tertiary alicyclic amines) is 1. The normalized spacial score (nSPS) is 38.3. The summed E-state index contributed by atoms with van der Waals surface area (Å²) in [4.78, 5) is 15.4. The number of carbonyl (C=O) groups excluding carboxylic acids is 1. The van der Waals surface area contributed by atoms with Gasteiger partial charge in [-0.3, -0.25) is 9.69 Å². The second kappa shape index (κ2) is 5.32. The molecular formula is C22H29NO3. The number of hydrogen-bond acceptors (Lipinski definition) is 4. The van der Waals surface area contributed by atoms with Crippen molar-refractivity contribution < 1.29 is 15.0 Å². The highest BCUT2D eigenvalue weighted by molar-refractivity contribution is 5.85. The Morgan fingerprint density at radius 3 is 2.77 bits per heavy atom. The van der Waals surface area contributed by atoms with Crippen LogP contribution in [0.1, 0.15) is 56.2 Å². The number of nitrogens with zero attached hydrogens (tertiary/aromatic N) is 1. The van der Waals surface area contributed by atoms with Gasteiger partial charge in [0.05, 0.1) is 5.60 Å². The summed E-state index contributed by atoms with van der Waals surface area (Å²) in [6, 6.07) is 3.89. The van der Waals surface area contributed by atoms with Crippen LogP contribution < -0.4 is 0 Å². The first-order valence-electron chi connectivity index (χ1n) is 10.2. The van der Waals surface area contributed by atoms with Crippen molar-refractivity contribution in [3.05, 3.63) is 28.8 Å². The number of piperidine rings is 1. The van der Waals surface area contributed by atoms with Gasteiger partial charge in [-0.15, -0.1) is 0 Å². The van der Waals surface area contributed by atoms with Gasteiger partial charge >= 0.3 is 0 Å². The Hall–Kier alpha value is -1.39. The lowest BCUT2D eigenvalue weighted by Gasteiger charge is -2.61. The topological polar surface area (TPSA) is 60.8 Å². The summed E-state index contributed by atoms with van der Waals surface area (Å²) in [7, 11) is 0. The highest BCUT2D eigenvalue weighted by Crippen LogP contribution is 2.62. The van der Waals surface area contributed by atoms with Gasteiger partial charge in [0.2, 0.25) is 0 Å². The molecule has 0 aromatic heterocycles. The van der Waals surface area contributed by atoms with E-state index in [0.717, 1.165) is 43.0 Å². The van der Waals surface area contributed by atoms with Crippen molar-refractivity contribution in [3.63, 3.8) is 0 Å². The van der Waals surface area contributed by atoms with Crippen LogP contribution in [-0.4, -0.2) is 45.6 Å². The van der Waals surface area contributed by atoms with Gasteiger partial charge in [-0.1, -0.05) is 13.0 Å². The number of aromatic hydroxyl groups is 1. The average Bonchev–Trinajstić information content (AvgIpc) is 3.34. The van der Waals surface area contributed by atoms with Gasteiger partial charge in [0, 0.05) is 30.3 Å². The summed E-state index contributed by atoms with van der Waals surface area (Å²) >= 11 is 0. The fourth-order valence-electron chi connectivity index (χ4n) is 6.48. The third-order valence-corrected chi connectivity index (χ3v) is 7.95. The van der Waals surface area contributed by atoms with Crippen LogP contribution >= 0.6 is 0 Å². The quantitative estimate of drug-likeness (QED) is 0.871. The van der Waals surface area contributed by atoms with Crippen molar-refractivity contribution in [1.82, 2.24) is 4.90 Å². The monoisotopic (exact) mass is 355 g/mol. The number of ketones is 1. The van der Waals surface area contributed by atoms with Crippen LogP contribution in [0, 0.1) is 11.8 Å². The number of benzene rings is 1. The van der Waals surface area contributed by atoms with Crippen molar-refractivity contribution >= 4 is 5.78 Å². The van der Waals surface area contributed by atoms with Crippen LogP contribution in [0.5, 0.6) is 5.75 Å². The molecule has 0 amide bonds. The SMILES string of the molecule is CCC(=O)[C@@H]1Cc2c(O)ccc3c2[C@@]12CCN(CC1CC1)[C@H](C3)[C@@]2(C)O. The minimum atomic E-state index is -0.943. The molecule has 0 radical (unpaired) electrons. The minimum Gasteiger partial charge on any atom is -0.508 e. The van der Waals surface area contributed by atoms with Crippen molar-refractivity contribution in [2.45, 2.75) is 69.4 Å². The van der Waals surface area contributed by atoms with E-state index in [1.165, 1.54) is 18.4 Å². The third kappa shape index (κ3) is 1.95. The molecule has 3 aliphatic carbocycles. The summed E-state index contributed by atoms with van der Waals surface area (Å²) in [5, 5.41) is 22.4. The zero-order valence-electron chi connectivity index (χ0n) is 15.8. The van der Waals surface area contributed by atoms with Crippen molar-refractivity contribution in [1.29, 1.82) is 0 Å². The van der Waals surface area contributed by atoms with E-state index >= 15 is 0 Å². The minimum absolute atomic E-state index is 0.0620. The first kappa shape index (κ1) is 16.8. The van der Waals surface area contributed by atoms with Gasteiger partial charge in [-0.25, -0.2) is 0 Å². The van der Waals surface area contributed by atoms with Crippen molar-refractivity contribution in [2.24, 2.45) is 11.8 Å². The summed E-state index contributed by atoms with van der Waals surface area (Å²) in [5.74, 6) is 1.09. The zero-order chi connectivity index (χ0) is 18.3. The molecule has 2 N–H and O–H groups in total. The molecule has 1 aromatic rings. The molecule has 26 heavy (non-hydrogen) atoms. The number of carbonyl (C=O) groups is 1. The lowest BCUT2D eigenvalue weighted by atomic mass is 9.52. The Balaban J connectivity index is 1.69. The summed E-state index contributed by atoms with van der Waals surface area (Å²) in [6.07, 6.45) is 5.31. The molecule has 1 spiro atoms. The molecule has 1 saturated heterocycles. The van der Waals surface area contributed by atoms with Gasteiger partial charge in [-0.05, 0) is 74.2 Å². The second-order valence-electron chi connectivity index (χ2n) is 9.20. The molecule has 1 aromatic carbocycles. The Morgan fingerprint density at radius 2 is 2.08 bits per heavy atom. The number of rotatable bonds is 4. The standard InChI is InChI=1S/C22H29NO3/c1-3-17(24)16-11-15-18(25)7-6-14-10-19-21(2,26)22(16,20(14)15)8-9-23(19)12-13-4-5-13/h6-7,13,16,19,25-26H,3-5,8-12H2,1-2H3/t16-,19+,21+,22+/m0/s1. The van der Waals surface area contributed by atoms with E-state index in [2.05, 4.69) is 4.90 Å². The van der Waals surface area contributed by atoms with Crippen molar-refractivity contribution in [3.8, 4) is 5.75 Å². The first-order chi connectivity index (χ1) is 12.4. The van der Waals surface area contributed by atoms with Crippen LogP contribution in [0.4, 0.5) is 0 Å². The molecule has 1 saturated carbocycles. The number of Topliss-reactive ketones (excluding diaryl/α,β-unsaturated/α-hetero) is 1. The molecule has 4 atom stereocenters. The fraction of sp³-hybridized carbons (Fsp3) is 0.682. The fourth-order valence-corrected chi connectivity index (χ4v) is 6.48. The van der Waals surface area contributed by atoms with E-state index in [-0.39, 0.29) is 17.7 Å². The molecule has 1 aliphatic heterocycles. The zero-order valence-corrected chi connectivity index (χ0v) is 15.8. The molecule has 4 heteroatoms. The van der Waals surface area contributed by atoms with Crippen LogP contribution in [0.25, 0.3) is 0 Å². The largest absolute Gasteiger partial charge is 0.508 e. The number of aliphatic hydroxyl groups is 1. The van der Waals surface area contributed by atoms with Crippen LogP contribution in [0.2, 0.25) is 0 Å². The van der Waals surface area contributed by atoms with E-state index in [0.29, 0.717) is 18.6 Å². The van der Waals surface area contributed by atoms with E-state index in [4.69, 9.17) is 0 Å². The van der Waals surface area contributed by atoms with Gasteiger partial charge in [0.15, 0.2) is 0 Å². The molecule has 2 bridgehead atoms. The predicted octanol–water partition coefficient (Wildman–Crippen LogP) is 2.57. The molecule has 4 nitrogen and oxygen atoms in total. The molecule has 5 rings (SSSR count). The van der Waals surface area contributed by atoms with Gasteiger partial charge < -0.3 is 10.2 Å². The molecular weight excluding hydrogens is 326 g/mol. The summed E-state index contributed by atoms with van der Waals surface area (Å²) < 4.78 is 0. The van der Waals surface area contributed by atoms with E-state index < -0.39 is 11.0 Å². The van der Waals surface area contributed by atoms with Gasteiger partial charge in [-0.2, -0.15) is 0 Å². The maximum Gasteiger partial charge on any atom is 0.137 e. The highest BCUT2D eigenvalue weighted by Gasteiger charge is 2.67. The molecule has 0 unspecified atom stereocenters. The smallest absolute Gasteiger partial charge is 0.137 e. The lowest BCUT2D eigenvalue weighted by Crippen LogP contribution is -2.72. The maximum atomic E-state index is 12.9.